The number of rotatable bonds is 8. The van der Waals surface area contributed by atoms with Crippen LogP contribution in [-0.2, 0) is 23.8 Å². The van der Waals surface area contributed by atoms with E-state index in [1.54, 1.807) is 13.8 Å². The fraction of sp³-hybridized carbons (Fsp3) is 0.600. The third-order valence-electron chi connectivity index (χ3n) is 2.33. The van der Waals surface area contributed by atoms with Gasteiger partial charge in [-0.05, 0) is 26.0 Å². The minimum Gasteiger partial charge on any atom is -0.381 e. The summed E-state index contributed by atoms with van der Waals surface area (Å²) in [5, 5.41) is 0. The third-order valence-corrected chi connectivity index (χ3v) is 7.10. The summed E-state index contributed by atoms with van der Waals surface area (Å²) in [6.07, 6.45) is 0. The van der Waals surface area contributed by atoms with Crippen molar-refractivity contribution in [3.05, 3.63) is 17.0 Å². The first-order valence-corrected chi connectivity index (χ1v) is 10.6. The predicted molar refractivity (Wildman–Crippen MR) is 79.2 cm³/mol. The monoisotopic (exact) mass is 361 g/mol. The summed E-state index contributed by atoms with van der Waals surface area (Å²) in [5.41, 5.74) is 0. The van der Waals surface area contributed by atoms with Crippen LogP contribution in [-0.4, -0.2) is 35.8 Å². The van der Waals surface area contributed by atoms with E-state index >= 15 is 0 Å². The summed E-state index contributed by atoms with van der Waals surface area (Å²) >= 11 is 0.939. The van der Waals surface area contributed by atoms with Crippen molar-refractivity contribution in [2.45, 2.75) is 24.1 Å². The lowest BCUT2D eigenvalue weighted by Crippen LogP contribution is -2.30. The molecule has 0 bridgehead atoms. The molecule has 0 fully saturated rings. The summed E-state index contributed by atoms with van der Waals surface area (Å²) in [5.74, 6) is -0.142. The second kappa shape index (κ2) is 7.19. The van der Waals surface area contributed by atoms with E-state index < -0.39 is 25.1 Å². The molecule has 1 rings (SSSR count). The molecule has 0 aromatic carbocycles. The lowest BCUT2D eigenvalue weighted by Gasteiger charge is -2.12. The highest BCUT2D eigenvalue weighted by molar-refractivity contribution is 8.15. The van der Waals surface area contributed by atoms with Crippen LogP contribution < -0.4 is 4.72 Å². The Morgan fingerprint density at radius 2 is 2.00 bits per heavy atom. The van der Waals surface area contributed by atoms with Crippen molar-refractivity contribution in [1.82, 2.24) is 4.72 Å². The van der Waals surface area contributed by atoms with Gasteiger partial charge in [-0.3, -0.25) is 0 Å². The van der Waals surface area contributed by atoms with Gasteiger partial charge in [0.1, 0.15) is 4.21 Å². The van der Waals surface area contributed by atoms with Crippen molar-refractivity contribution in [2.75, 3.05) is 19.0 Å². The van der Waals surface area contributed by atoms with E-state index in [0.29, 0.717) is 11.5 Å². The van der Waals surface area contributed by atoms with E-state index in [4.69, 9.17) is 15.4 Å². The van der Waals surface area contributed by atoms with Crippen molar-refractivity contribution in [1.29, 1.82) is 0 Å². The van der Waals surface area contributed by atoms with Crippen LogP contribution in [0.4, 0.5) is 0 Å². The molecule has 116 valence electrons. The van der Waals surface area contributed by atoms with Crippen LogP contribution in [0.1, 0.15) is 24.8 Å². The molecule has 0 aliphatic carbocycles. The van der Waals surface area contributed by atoms with Gasteiger partial charge in [-0.15, -0.1) is 11.3 Å². The van der Waals surface area contributed by atoms with Gasteiger partial charge in [0.25, 0.3) is 9.05 Å². The summed E-state index contributed by atoms with van der Waals surface area (Å²) in [6, 6.07) is 2.36. The molecule has 20 heavy (non-hydrogen) atoms. The van der Waals surface area contributed by atoms with E-state index in [-0.39, 0.29) is 16.6 Å². The van der Waals surface area contributed by atoms with Gasteiger partial charge in [-0.1, -0.05) is 0 Å². The topological polar surface area (TPSA) is 89.5 Å². The number of ether oxygens (including phenoxy) is 1. The van der Waals surface area contributed by atoms with E-state index in [2.05, 4.69) is 4.72 Å². The zero-order valence-corrected chi connectivity index (χ0v) is 14.2. The van der Waals surface area contributed by atoms with Crippen LogP contribution in [0.5, 0.6) is 0 Å². The Kier molecular flexibility index (Phi) is 6.42. The number of sulfonamides is 1. The molecule has 0 amide bonds. The Morgan fingerprint density at radius 3 is 2.50 bits per heavy atom. The first kappa shape index (κ1) is 17.9. The first-order valence-electron chi connectivity index (χ1n) is 5.78. The van der Waals surface area contributed by atoms with E-state index in [9.17, 15) is 16.8 Å². The van der Waals surface area contributed by atoms with Crippen LogP contribution in [0.25, 0.3) is 0 Å². The Hall–Kier alpha value is -0.190. The molecule has 0 aliphatic heterocycles. The molecule has 10 heteroatoms. The average molecular weight is 362 g/mol. The van der Waals surface area contributed by atoms with Gasteiger partial charge in [-0.2, -0.15) is 0 Å². The molecule has 1 unspecified atom stereocenters. The predicted octanol–water partition coefficient (Wildman–Crippen LogP) is 1.69. The van der Waals surface area contributed by atoms with E-state index in [1.165, 1.54) is 12.1 Å². The summed E-state index contributed by atoms with van der Waals surface area (Å²) in [7, 11) is -2.04. The maximum atomic E-state index is 11.8. The molecular weight excluding hydrogens is 346 g/mol. The quantitative estimate of drug-likeness (QED) is 0.562. The number of hydrogen-bond donors (Lipinski definition) is 1. The Bertz CT molecular complexity index is 638. The van der Waals surface area contributed by atoms with Gasteiger partial charge >= 0.3 is 0 Å². The molecule has 1 heterocycles. The molecule has 0 aliphatic rings. The Labute approximate surface area is 127 Å². The number of halogens is 1. The van der Waals surface area contributed by atoms with Gasteiger partial charge in [0.15, 0.2) is 0 Å². The fourth-order valence-electron chi connectivity index (χ4n) is 1.40. The first-order chi connectivity index (χ1) is 9.15. The van der Waals surface area contributed by atoms with E-state index in [1.807, 2.05) is 0 Å². The largest absolute Gasteiger partial charge is 0.381 e. The molecule has 6 nitrogen and oxygen atoms in total. The molecular formula is C10H16ClNO5S3. The SMILES string of the molecule is CCOCCS(=O)(=O)NC(C)c1ccc(S(=O)(=O)Cl)s1. The summed E-state index contributed by atoms with van der Waals surface area (Å²) in [4.78, 5) is 0.573. The fourth-order valence-corrected chi connectivity index (χ4v) is 4.69. The molecule has 1 N–H and O–H groups in total. The third kappa shape index (κ3) is 5.66. The highest BCUT2D eigenvalue weighted by Crippen LogP contribution is 2.29. The molecule has 1 atom stereocenters. The maximum absolute atomic E-state index is 11.8. The maximum Gasteiger partial charge on any atom is 0.270 e. The van der Waals surface area contributed by atoms with Crippen molar-refractivity contribution in [2.24, 2.45) is 0 Å². The zero-order chi connectivity index (χ0) is 15.4. The highest BCUT2D eigenvalue weighted by atomic mass is 35.7. The molecule has 1 aromatic rings. The second-order valence-electron chi connectivity index (χ2n) is 3.95. The van der Waals surface area contributed by atoms with Gasteiger partial charge in [0, 0.05) is 22.2 Å². The van der Waals surface area contributed by atoms with Crippen LogP contribution in [0.15, 0.2) is 16.3 Å². The number of thiophene rings is 1. The van der Waals surface area contributed by atoms with Crippen LogP contribution in [0, 0.1) is 0 Å². The molecule has 0 radical (unpaired) electrons. The minimum absolute atomic E-state index is 0.00506. The Balaban J connectivity index is 2.71. The van der Waals surface area contributed by atoms with Crippen LogP contribution in [0.3, 0.4) is 0 Å². The minimum atomic E-state index is -3.78. The van der Waals surface area contributed by atoms with Crippen LogP contribution >= 0.6 is 22.0 Å². The zero-order valence-electron chi connectivity index (χ0n) is 11.0. The van der Waals surface area contributed by atoms with Crippen molar-refractivity contribution in [3.63, 3.8) is 0 Å². The number of hydrogen-bond acceptors (Lipinski definition) is 6. The molecule has 0 saturated carbocycles. The summed E-state index contributed by atoms with van der Waals surface area (Å²) < 4.78 is 53.3. The van der Waals surface area contributed by atoms with Crippen LogP contribution in [0.2, 0.25) is 0 Å². The smallest absolute Gasteiger partial charge is 0.270 e. The lowest BCUT2D eigenvalue weighted by atomic mass is 10.3. The van der Waals surface area contributed by atoms with Gasteiger partial charge in [0.05, 0.1) is 18.4 Å². The Morgan fingerprint density at radius 1 is 1.35 bits per heavy atom. The second-order valence-corrected chi connectivity index (χ2v) is 9.73. The standard InChI is InChI=1S/C10H16ClNO5S3/c1-3-17-6-7-19(13,14)12-8(2)9-4-5-10(18-9)20(11,15)16/h4-5,8,12H,3,6-7H2,1-2H3. The molecule has 0 saturated heterocycles. The van der Waals surface area contributed by atoms with Gasteiger partial charge < -0.3 is 4.74 Å². The van der Waals surface area contributed by atoms with Gasteiger partial charge in [0.2, 0.25) is 10.0 Å². The highest BCUT2D eigenvalue weighted by Gasteiger charge is 2.20. The molecule has 1 aromatic heterocycles. The van der Waals surface area contributed by atoms with E-state index in [0.717, 1.165) is 11.3 Å². The van der Waals surface area contributed by atoms with Crippen molar-refractivity contribution in [3.8, 4) is 0 Å². The normalized spacial score (nSPS) is 14.3. The average Bonchev–Trinajstić information content (AvgIpc) is 2.77. The van der Waals surface area contributed by atoms with Crippen molar-refractivity contribution < 1.29 is 21.6 Å². The van der Waals surface area contributed by atoms with Crippen molar-refractivity contribution >= 4 is 41.1 Å². The number of nitrogens with one attached hydrogen (secondary N) is 1. The van der Waals surface area contributed by atoms with Gasteiger partial charge in [-0.25, -0.2) is 21.6 Å². The lowest BCUT2D eigenvalue weighted by molar-refractivity contribution is 0.163. The molecule has 0 spiro atoms. The summed E-state index contributed by atoms with van der Waals surface area (Å²) in [6.45, 7) is 3.98.